The topological polar surface area (TPSA) is 37.1 Å². The highest BCUT2D eigenvalue weighted by Gasteiger charge is 2.23. The van der Waals surface area contributed by atoms with Crippen LogP contribution in [-0.4, -0.2) is 50.5 Å². The number of piperazine rings is 1. The largest absolute Gasteiger partial charge is 0.491 e. The number of aliphatic hydroxyl groups is 1. The molecule has 0 saturated carbocycles. The van der Waals surface area contributed by atoms with Gasteiger partial charge in [-0.1, -0.05) is 48.0 Å². The first-order valence-corrected chi connectivity index (χ1v) is 10.6. The van der Waals surface area contributed by atoms with Gasteiger partial charge >= 0.3 is 0 Å². The van der Waals surface area contributed by atoms with E-state index in [4.69, 9.17) is 16.3 Å². The highest BCUT2D eigenvalue weighted by Crippen LogP contribution is 2.24. The van der Waals surface area contributed by atoms with E-state index in [2.05, 4.69) is 36.1 Å². The average Bonchev–Trinajstić information content (AvgIpc) is 2.74. The zero-order valence-electron chi connectivity index (χ0n) is 16.8. The van der Waals surface area contributed by atoms with Crippen LogP contribution in [0.15, 0.2) is 60.7 Å². The normalized spacial score (nSPS) is 16.2. The molecule has 1 saturated heterocycles. The first-order chi connectivity index (χ1) is 14.1. The number of benzene rings is 3. The van der Waals surface area contributed by atoms with Gasteiger partial charge in [0.1, 0.15) is 25.0 Å². The molecule has 1 atom stereocenters. The summed E-state index contributed by atoms with van der Waals surface area (Å²) in [4.78, 5) is 3.80. The second-order valence-electron chi connectivity index (χ2n) is 7.85. The van der Waals surface area contributed by atoms with Crippen LogP contribution in [0, 0.1) is 6.92 Å². The highest BCUT2D eigenvalue weighted by atomic mass is 35.5. The van der Waals surface area contributed by atoms with E-state index in [1.165, 1.54) is 21.5 Å². The quantitative estimate of drug-likeness (QED) is 0.654. The van der Waals surface area contributed by atoms with Gasteiger partial charge < -0.3 is 19.6 Å². The second-order valence-corrected chi connectivity index (χ2v) is 8.28. The molecule has 4 nitrogen and oxygen atoms in total. The predicted molar refractivity (Wildman–Crippen MR) is 119 cm³/mol. The molecule has 1 fully saturated rings. The first-order valence-electron chi connectivity index (χ1n) is 10.2. The Hall–Kier alpha value is -2.27. The van der Waals surface area contributed by atoms with E-state index in [-0.39, 0.29) is 0 Å². The first kappa shape index (κ1) is 20.0. The van der Waals surface area contributed by atoms with E-state index in [1.54, 1.807) is 0 Å². The summed E-state index contributed by atoms with van der Waals surface area (Å²) in [5.41, 5.74) is 2.47. The van der Waals surface area contributed by atoms with Crippen LogP contribution >= 0.6 is 11.6 Å². The molecule has 29 heavy (non-hydrogen) atoms. The Balaban J connectivity index is 1.26. The predicted octanol–water partition coefficient (Wildman–Crippen LogP) is 2.95. The number of hydrogen-bond donors (Lipinski definition) is 2. The second kappa shape index (κ2) is 9.04. The third-order valence-electron chi connectivity index (χ3n) is 5.67. The van der Waals surface area contributed by atoms with Crippen molar-refractivity contribution in [3.8, 4) is 5.75 Å². The lowest BCUT2D eigenvalue weighted by Gasteiger charge is -2.35. The summed E-state index contributed by atoms with van der Waals surface area (Å²) in [6.45, 7) is 7.08. The van der Waals surface area contributed by atoms with Crippen molar-refractivity contribution in [2.75, 3.05) is 44.2 Å². The molecule has 1 heterocycles. The molecule has 0 unspecified atom stereocenters. The van der Waals surface area contributed by atoms with Crippen molar-refractivity contribution in [2.24, 2.45) is 0 Å². The Morgan fingerprint density at radius 1 is 1.03 bits per heavy atom. The Morgan fingerprint density at radius 2 is 1.79 bits per heavy atom. The molecule has 2 N–H and O–H groups in total. The van der Waals surface area contributed by atoms with Gasteiger partial charge in [-0.25, -0.2) is 0 Å². The van der Waals surface area contributed by atoms with Crippen LogP contribution in [0.5, 0.6) is 5.75 Å². The maximum atomic E-state index is 10.5. The minimum absolute atomic E-state index is 0.318. The summed E-state index contributed by atoms with van der Waals surface area (Å²) in [6, 6.07) is 20.3. The van der Waals surface area contributed by atoms with Gasteiger partial charge in [-0.3, -0.25) is 0 Å². The minimum atomic E-state index is -0.476. The number of ether oxygens (including phenoxy) is 1. The van der Waals surface area contributed by atoms with Gasteiger partial charge in [0.05, 0.1) is 26.2 Å². The molecular weight excluding hydrogens is 384 g/mol. The number of rotatable bonds is 6. The average molecular weight is 412 g/mol. The van der Waals surface area contributed by atoms with E-state index < -0.39 is 6.10 Å². The van der Waals surface area contributed by atoms with Crippen molar-refractivity contribution in [1.82, 2.24) is 0 Å². The fraction of sp³-hybridized carbons (Fsp3) is 0.333. The molecule has 0 radical (unpaired) electrons. The van der Waals surface area contributed by atoms with Crippen LogP contribution in [0.2, 0.25) is 5.02 Å². The Labute approximate surface area is 177 Å². The third-order valence-corrected chi connectivity index (χ3v) is 5.91. The molecule has 0 aliphatic carbocycles. The zero-order chi connectivity index (χ0) is 20.2. The summed E-state index contributed by atoms with van der Waals surface area (Å²) in [5, 5.41) is 13.6. The molecule has 3 aromatic rings. The molecule has 0 amide bonds. The minimum Gasteiger partial charge on any atom is -0.491 e. The molecule has 152 valence electrons. The number of fused-ring (bicyclic) bond motifs is 1. The molecule has 1 aliphatic heterocycles. The van der Waals surface area contributed by atoms with Crippen molar-refractivity contribution in [2.45, 2.75) is 13.0 Å². The summed E-state index contributed by atoms with van der Waals surface area (Å²) in [5.74, 6) is 0.805. The van der Waals surface area contributed by atoms with Gasteiger partial charge in [0.2, 0.25) is 0 Å². The molecule has 0 aromatic heterocycles. The van der Waals surface area contributed by atoms with Crippen molar-refractivity contribution in [3.05, 3.63) is 71.2 Å². The monoisotopic (exact) mass is 411 g/mol. The summed E-state index contributed by atoms with van der Waals surface area (Å²) in [7, 11) is 0. The molecule has 0 spiro atoms. The van der Waals surface area contributed by atoms with Crippen molar-refractivity contribution >= 4 is 28.1 Å². The van der Waals surface area contributed by atoms with Crippen LogP contribution in [0.4, 0.5) is 5.69 Å². The smallest absolute Gasteiger partial charge is 0.137 e. The molecular formula is C24H28ClN2O2+. The van der Waals surface area contributed by atoms with Gasteiger partial charge in [-0.2, -0.15) is 0 Å². The maximum Gasteiger partial charge on any atom is 0.137 e. The van der Waals surface area contributed by atoms with E-state index in [1.807, 2.05) is 36.4 Å². The summed E-state index contributed by atoms with van der Waals surface area (Å²) in [6.07, 6.45) is -0.476. The van der Waals surface area contributed by atoms with Gasteiger partial charge in [0, 0.05) is 10.7 Å². The van der Waals surface area contributed by atoms with Crippen molar-refractivity contribution < 1.29 is 14.7 Å². The maximum absolute atomic E-state index is 10.5. The van der Waals surface area contributed by atoms with Gasteiger partial charge in [-0.15, -0.1) is 0 Å². The summed E-state index contributed by atoms with van der Waals surface area (Å²) >= 11 is 6.17. The summed E-state index contributed by atoms with van der Waals surface area (Å²) < 4.78 is 5.85. The lowest BCUT2D eigenvalue weighted by atomic mass is 10.1. The Bertz CT molecular complexity index is 970. The van der Waals surface area contributed by atoms with E-state index in [0.29, 0.717) is 13.2 Å². The lowest BCUT2D eigenvalue weighted by Crippen LogP contribution is -3.16. The number of aliphatic hydroxyl groups excluding tert-OH is 1. The number of nitrogens with zero attached hydrogens (tertiary/aromatic N) is 1. The Kier molecular flexibility index (Phi) is 6.24. The Morgan fingerprint density at radius 3 is 2.59 bits per heavy atom. The van der Waals surface area contributed by atoms with Crippen LogP contribution in [0.25, 0.3) is 10.8 Å². The standard InChI is InChI=1S/C24H27ClN2O2/c1-18-6-8-21(25)15-24(18)27-12-10-26(11-13-27)16-22(28)17-29-23-9-7-19-4-2-3-5-20(19)14-23/h2-9,14-15,22,28H,10-13,16-17H2,1H3/p+1/t22-/m1/s1. The lowest BCUT2D eigenvalue weighted by molar-refractivity contribution is -0.903. The number of hydrogen-bond acceptors (Lipinski definition) is 3. The number of quaternary nitrogens is 1. The molecule has 0 bridgehead atoms. The highest BCUT2D eigenvalue weighted by molar-refractivity contribution is 6.30. The van der Waals surface area contributed by atoms with E-state index >= 15 is 0 Å². The van der Waals surface area contributed by atoms with Gasteiger partial charge in [-0.05, 0) is 47.5 Å². The van der Waals surface area contributed by atoms with Gasteiger partial charge in [0.25, 0.3) is 0 Å². The number of nitrogens with one attached hydrogen (secondary N) is 1. The molecule has 5 heteroatoms. The van der Waals surface area contributed by atoms with Gasteiger partial charge in [0.15, 0.2) is 0 Å². The molecule has 4 rings (SSSR count). The number of aryl methyl sites for hydroxylation is 1. The fourth-order valence-corrected chi connectivity index (χ4v) is 4.20. The van der Waals surface area contributed by atoms with Crippen LogP contribution in [-0.2, 0) is 0 Å². The SMILES string of the molecule is Cc1ccc(Cl)cc1N1CC[NH+](C[C@@H](O)COc2ccc3ccccc3c2)CC1. The van der Waals surface area contributed by atoms with E-state index in [0.717, 1.165) is 42.3 Å². The van der Waals surface area contributed by atoms with Crippen molar-refractivity contribution in [3.63, 3.8) is 0 Å². The number of anilines is 1. The third kappa shape index (κ3) is 5.02. The van der Waals surface area contributed by atoms with Crippen molar-refractivity contribution in [1.29, 1.82) is 0 Å². The fourth-order valence-electron chi connectivity index (χ4n) is 4.03. The zero-order valence-corrected chi connectivity index (χ0v) is 17.5. The molecule has 1 aliphatic rings. The molecule has 3 aromatic carbocycles. The van der Waals surface area contributed by atoms with Crippen LogP contribution < -0.4 is 14.5 Å². The van der Waals surface area contributed by atoms with Crippen LogP contribution in [0.1, 0.15) is 5.56 Å². The van der Waals surface area contributed by atoms with E-state index in [9.17, 15) is 5.11 Å². The van der Waals surface area contributed by atoms with Crippen LogP contribution in [0.3, 0.4) is 0 Å². The number of halogens is 1.